The fourth-order valence-electron chi connectivity index (χ4n) is 2.33. The number of nitrogens with zero attached hydrogens (tertiary/aromatic N) is 1. The summed E-state index contributed by atoms with van der Waals surface area (Å²) in [6.07, 6.45) is 3.41. The van der Waals surface area contributed by atoms with Crippen LogP contribution in [0, 0.1) is 0 Å². The van der Waals surface area contributed by atoms with E-state index in [1.165, 1.54) is 6.42 Å². The second-order valence-electron chi connectivity index (χ2n) is 4.92. The maximum Gasteiger partial charge on any atom is 0.246 e. The van der Waals surface area contributed by atoms with Gasteiger partial charge in [-0.2, -0.15) is 0 Å². The molecule has 17 heavy (non-hydrogen) atoms. The van der Waals surface area contributed by atoms with Crippen molar-refractivity contribution in [2.45, 2.75) is 31.7 Å². The van der Waals surface area contributed by atoms with E-state index in [1.807, 2.05) is 35.2 Å². The fraction of sp³-hybridized carbons (Fsp3) is 0.500. The number of hydrogen-bond acceptors (Lipinski definition) is 2. The highest BCUT2D eigenvalue weighted by Crippen LogP contribution is 2.22. The molecule has 1 fully saturated rings. The van der Waals surface area contributed by atoms with Crippen molar-refractivity contribution in [3.63, 3.8) is 0 Å². The van der Waals surface area contributed by atoms with E-state index in [9.17, 15) is 4.79 Å². The van der Waals surface area contributed by atoms with Crippen molar-refractivity contribution in [2.24, 2.45) is 5.73 Å². The summed E-state index contributed by atoms with van der Waals surface area (Å²) >= 11 is 0. The monoisotopic (exact) mass is 232 g/mol. The van der Waals surface area contributed by atoms with Crippen LogP contribution in [0.5, 0.6) is 0 Å². The minimum Gasteiger partial charge on any atom is -0.341 e. The molecule has 2 N–H and O–H groups in total. The first-order chi connectivity index (χ1) is 8.12. The van der Waals surface area contributed by atoms with Crippen molar-refractivity contribution < 1.29 is 4.79 Å². The minimum atomic E-state index is -0.904. The van der Waals surface area contributed by atoms with Crippen molar-refractivity contribution >= 4 is 5.91 Å². The number of amides is 1. The summed E-state index contributed by atoms with van der Waals surface area (Å²) in [4.78, 5) is 14.3. The quantitative estimate of drug-likeness (QED) is 0.846. The van der Waals surface area contributed by atoms with Crippen LogP contribution in [0.3, 0.4) is 0 Å². The van der Waals surface area contributed by atoms with Crippen molar-refractivity contribution in [3.8, 4) is 0 Å². The van der Waals surface area contributed by atoms with Crippen LogP contribution in [-0.4, -0.2) is 23.9 Å². The largest absolute Gasteiger partial charge is 0.341 e. The first-order valence-electron chi connectivity index (χ1n) is 6.26. The van der Waals surface area contributed by atoms with E-state index in [0.29, 0.717) is 0 Å². The van der Waals surface area contributed by atoms with Crippen molar-refractivity contribution in [1.82, 2.24) is 4.90 Å². The number of piperidine rings is 1. The van der Waals surface area contributed by atoms with Gasteiger partial charge in [-0.1, -0.05) is 30.3 Å². The molecule has 0 saturated carbocycles. The van der Waals surface area contributed by atoms with Crippen LogP contribution in [0.15, 0.2) is 30.3 Å². The molecule has 1 aromatic carbocycles. The molecule has 0 bridgehead atoms. The Morgan fingerprint density at radius 3 is 2.35 bits per heavy atom. The SMILES string of the molecule is CC(N)(C(=O)N1CCCCC1)c1ccccc1. The lowest BCUT2D eigenvalue weighted by Crippen LogP contribution is -2.52. The molecule has 0 radical (unpaired) electrons. The molecule has 1 atom stereocenters. The Morgan fingerprint density at radius 1 is 1.18 bits per heavy atom. The molecule has 2 rings (SSSR count). The third-order valence-electron chi connectivity index (χ3n) is 3.46. The third-order valence-corrected chi connectivity index (χ3v) is 3.46. The van der Waals surface area contributed by atoms with Gasteiger partial charge in [0.2, 0.25) is 5.91 Å². The van der Waals surface area contributed by atoms with E-state index in [-0.39, 0.29) is 5.91 Å². The van der Waals surface area contributed by atoms with Gasteiger partial charge >= 0.3 is 0 Å². The highest BCUT2D eigenvalue weighted by atomic mass is 16.2. The van der Waals surface area contributed by atoms with E-state index in [0.717, 1.165) is 31.5 Å². The van der Waals surface area contributed by atoms with Gasteiger partial charge < -0.3 is 10.6 Å². The molecule has 3 heteroatoms. The Bertz CT molecular complexity index is 380. The van der Waals surface area contributed by atoms with Crippen LogP contribution < -0.4 is 5.73 Å². The molecule has 1 aliphatic heterocycles. The molecule has 0 aromatic heterocycles. The summed E-state index contributed by atoms with van der Waals surface area (Å²) in [7, 11) is 0. The molecule has 1 aromatic rings. The zero-order valence-corrected chi connectivity index (χ0v) is 10.4. The summed E-state index contributed by atoms with van der Waals surface area (Å²) < 4.78 is 0. The van der Waals surface area contributed by atoms with Gasteiger partial charge in [0.05, 0.1) is 0 Å². The number of carbonyl (C=O) groups excluding carboxylic acids is 1. The second-order valence-corrected chi connectivity index (χ2v) is 4.92. The van der Waals surface area contributed by atoms with Gasteiger partial charge in [-0.25, -0.2) is 0 Å². The fourth-order valence-corrected chi connectivity index (χ4v) is 2.33. The van der Waals surface area contributed by atoms with Gasteiger partial charge in [0, 0.05) is 13.1 Å². The summed E-state index contributed by atoms with van der Waals surface area (Å²) in [6.45, 7) is 3.50. The second kappa shape index (κ2) is 4.88. The summed E-state index contributed by atoms with van der Waals surface area (Å²) in [5, 5.41) is 0. The van der Waals surface area contributed by atoms with E-state index < -0.39 is 5.54 Å². The minimum absolute atomic E-state index is 0.0448. The number of benzene rings is 1. The van der Waals surface area contributed by atoms with E-state index in [1.54, 1.807) is 6.92 Å². The lowest BCUT2D eigenvalue weighted by Gasteiger charge is -2.34. The zero-order chi connectivity index (χ0) is 12.3. The average molecular weight is 232 g/mol. The Hall–Kier alpha value is -1.35. The van der Waals surface area contributed by atoms with Crippen molar-refractivity contribution in [1.29, 1.82) is 0 Å². The number of hydrogen-bond donors (Lipinski definition) is 1. The molecule has 1 saturated heterocycles. The number of rotatable bonds is 2. The van der Waals surface area contributed by atoms with Gasteiger partial charge in [-0.05, 0) is 31.7 Å². The summed E-state index contributed by atoms with van der Waals surface area (Å²) in [6, 6.07) is 9.61. The Labute approximate surface area is 103 Å². The lowest BCUT2D eigenvalue weighted by atomic mass is 9.91. The maximum atomic E-state index is 12.4. The van der Waals surface area contributed by atoms with Crippen molar-refractivity contribution in [3.05, 3.63) is 35.9 Å². The highest BCUT2D eigenvalue weighted by molar-refractivity contribution is 5.87. The van der Waals surface area contributed by atoms with E-state index in [2.05, 4.69) is 0 Å². The Balaban J connectivity index is 2.17. The first kappa shape index (κ1) is 12.1. The smallest absolute Gasteiger partial charge is 0.246 e. The van der Waals surface area contributed by atoms with E-state index >= 15 is 0 Å². The van der Waals surface area contributed by atoms with Crippen LogP contribution in [0.1, 0.15) is 31.7 Å². The molecule has 92 valence electrons. The lowest BCUT2D eigenvalue weighted by molar-refractivity contribution is -0.137. The van der Waals surface area contributed by atoms with Crippen LogP contribution in [0.4, 0.5) is 0 Å². The molecule has 1 amide bonds. The normalized spacial score (nSPS) is 19.8. The average Bonchev–Trinajstić information content (AvgIpc) is 2.40. The van der Waals surface area contributed by atoms with Crippen LogP contribution in [0.25, 0.3) is 0 Å². The predicted molar refractivity (Wildman–Crippen MR) is 68.4 cm³/mol. The number of nitrogens with two attached hydrogens (primary N) is 1. The van der Waals surface area contributed by atoms with E-state index in [4.69, 9.17) is 5.73 Å². The van der Waals surface area contributed by atoms with Crippen LogP contribution >= 0.6 is 0 Å². The summed E-state index contributed by atoms with van der Waals surface area (Å²) in [5.74, 6) is 0.0448. The van der Waals surface area contributed by atoms with Gasteiger partial charge in [-0.15, -0.1) is 0 Å². The molecule has 1 aliphatic rings. The van der Waals surface area contributed by atoms with Gasteiger partial charge in [0.15, 0.2) is 0 Å². The molecule has 3 nitrogen and oxygen atoms in total. The molecule has 1 heterocycles. The zero-order valence-electron chi connectivity index (χ0n) is 10.4. The molecule has 0 aliphatic carbocycles. The molecule has 0 spiro atoms. The topological polar surface area (TPSA) is 46.3 Å². The van der Waals surface area contributed by atoms with Gasteiger partial charge in [-0.3, -0.25) is 4.79 Å². The first-order valence-corrected chi connectivity index (χ1v) is 6.26. The predicted octanol–water partition coefficient (Wildman–Crippen LogP) is 1.87. The van der Waals surface area contributed by atoms with Gasteiger partial charge in [0.1, 0.15) is 5.54 Å². The maximum absolute atomic E-state index is 12.4. The number of carbonyl (C=O) groups is 1. The van der Waals surface area contributed by atoms with Crippen molar-refractivity contribution in [2.75, 3.05) is 13.1 Å². The van der Waals surface area contributed by atoms with Gasteiger partial charge in [0.25, 0.3) is 0 Å². The Kier molecular flexibility index (Phi) is 3.48. The molecule has 1 unspecified atom stereocenters. The van der Waals surface area contributed by atoms with Crippen LogP contribution in [0.2, 0.25) is 0 Å². The third kappa shape index (κ3) is 2.50. The Morgan fingerprint density at radius 2 is 1.76 bits per heavy atom. The summed E-state index contributed by atoms with van der Waals surface area (Å²) in [5.41, 5.74) is 6.20. The standard InChI is InChI=1S/C14H20N2O/c1-14(15,12-8-4-2-5-9-12)13(17)16-10-6-3-7-11-16/h2,4-5,8-9H,3,6-7,10-11,15H2,1H3. The molecular weight excluding hydrogens is 212 g/mol. The molecular formula is C14H20N2O. The highest BCUT2D eigenvalue weighted by Gasteiger charge is 2.34. The number of likely N-dealkylation sites (tertiary alicyclic amines) is 1. The van der Waals surface area contributed by atoms with Crippen LogP contribution in [-0.2, 0) is 10.3 Å².